The van der Waals surface area contributed by atoms with Crippen molar-refractivity contribution in [1.29, 1.82) is 0 Å². The summed E-state index contributed by atoms with van der Waals surface area (Å²) in [5.74, 6) is 0.573. The van der Waals surface area contributed by atoms with Gasteiger partial charge in [0.15, 0.2) is 0 Å². The molecule has 116 valence electrons. The second kappa shape index (κ2) is 6.98. The standard InChI is InChI=1S/C18H22N2O2/c1-12(2)19-17-10-14(9-8-13(17)3)18(21)20-15-6-5-7-16(11-15)22-4/h5-12,19H,1-4H3,(H,20,21). The average Bonchev–Trinajstić information content (AvgIpc) is 2.49. The van der Waals surface area contributed by atoms with Gasteiger partial charge in [0.25, 0.3) is 5.91 Å². The zero-order valence-corrected chi connectivity index (χ0v) is 13.4. The predicted octanol–water partition coefficient (Wildman–Crippen LogP) is 4.08. The largest absolute Gasteiger partial charge is 0.497 e. The first-order valence-corrected chi connectivity index (χ1v) is 7.32. The first-order chi connectivity index (χ1) is 10.5. The van der Waals surface area contributed by atoms with E-state index in [-0.39, 0.29) is 5.91 Å². The smallest absolute Gasteiger partial charge is 0.255 e. The fraction of sp³-hybridized carbons (Fsp3) is 0.278. The molecular weight excluding hydrogens is 276 g/mol. The third kappa shape index (κ3) is 4.01. The zero-order valence-electron chi connectivity index (χ0n) is 13.4. The van der Waals surface area contributed by atoms with Crippen LogP contribution in [0.1, 0.15) is 29.8 Å². The number of anilines is 2. The number of carbonyl (C=O) groups excluding carboxylic acids is 1. The minimum absolute atomic E-state index is 0.139. The fourth-order valence-corrected chi connectivity index (χ4v) is 2.13. The van der Waals surface area contributed by atoms with E-state index in [1.807, 2.05) is 43.3 Å². The Labute approximate surface area is 131 Å². The molecule has 0 aliphatic carbocycles. The Morgan fingerprint density at radius 3 is 2.59 bits per heavy atom. The van der Waals surface area contributed by atoms with Gasteiger partial charge in [0.05, 0.1) is 7.11 Å². The van der Waals surface area contributed by atoms with Crippen molar-refractivity contribution in [2.45, 2.75) is 26.8 Å². The monoisotopic (exact) mass is 298 g/mol. The Morgan fingerprint density at radius 2 is 1.91 bits per heavy atom. The second-order valence-electron chi connectivity index (χ2n) is 5.51. The van der Waals surface area contributed by atoms with Gasteiger partial charge in [-0.15, -0.1) is 0 Å². The SMILES string of the molecule is COc1cccc(NC(=O)c2ccc(C)c(NC(C)C)c2)c1. The van der Waals surface area contributed by atoms with Crippen molar-refractivity contribution in [1.82, 2.24) is 0 Å². The highest BCUT2D eigenvalue weighted by molar-refractivity contribution is 6.05. The summed E-state index contributed by atoms with van der Waals surface area (Å²) in [6, 6.07) is 13.3. The van der Waals surface area contributed by atoms with Gasteiger partial charge in [-0.3, -0.25) is 4.79 Å². The van der Waals surface area contributed by atoms with Crippen molar-refractivity contribution in [2.75, 3.05) is 17.7 Å². The third-order valence-corrected chi connectivity index (χ3v) is 3.27. The van der Waals surface area contributed by atoms with Gasteiger partial charge < -0.3 is 15.4 Å². The van der Waals surface area contributed by atoms with Gasteiger partial charge in [-0.25, -0.2) is 0 Å². The summed E-state index contributed by atoms with van der Waals surface area (Å²) in [5.41, 5.74) is 3.43. The Balaban J connectivity index is 2.18. The van der Waals surface area contributed by atoms with E-state index in [9.17, 15) is 4.79 Å². The van der Waals surface area contributed by atoms with Gasteiger partial charge in [0.1, 0.15) is 5.75 Å². The lowest BCUT2D eigenvalue weighted by Gasteiger charge is -2.14. The quantitative estimate of drug-likeness (QED) is 0.874. The molecule has 0 aliphatic rings. The van der Waals surface area contributed by atoms with Crippen LogP contribution in [0.15, 0.2) is 42.5 Å². The predicted molar refractivity (Wildman–Crippen MR) is 90.9 cm³/mol. The summed E-state index contributed by atoms with van der Waals surface area (Å²) in [6.45, 7) is 6.17. The average molecular weight is 298 g/mol. The Morgan fingerprint density at radius 1 is 1.14 bits per heavy atom. The number of ether oxygens (including phenoxy) is 1. The van der Waals surface area contributed by atoms with E-state index in [0.29, 0.717) is 23.0 Å². The van der Waals surface area contributed by atoms with E-state index in [1.54, 1.807) is 13.2 Å². The maximum absolute atomic E-state index is 12.4. The summed E-state index contributed by atoms with van der Waals surface area (Å²) < 4.78 is 5.16. The number of amides is 1. The number of methoxy groups -OCH3 is 1. The van der Waals surface area contributed by atoms with Crippen molar-refractivity contribution in [2.24, 2.45) is 0 Å². The molecule has 22 heavy (non-hydrogen) atoms. The van der Waals surface area contributed by atoms with Gasteiger partial charge in [0.2, 0.25) is 0 Å². The van der Waals surface area contributed by atoms with E-state index in [0.717, 1.165) is 11.3 Å². The Hall–Kier alpha value is -2.49. The van der Waals surface area contributed by atoms with Crippen molar-refractivity contribution >= 4 is 17.3 Å². The Bertz CT molecular complexity index is 666. The van der Waals surface area contributed by atoms with Gasteiger partial charge in [0, 0.05) is 29.0 Å². The van der Waals surface area contributed by atoms with Crippen molar-refractivity contribution in [3.8, 4) is 5.75 Å². The molecule has 2 N–H and O–H groups in total. The van der Waals surface area contributed by atoms with E-state index in [4.69, 9.17) is 4.74 Å². The number of hydrogen-bond acceptors (Lipinski definition) is 3. The van der Waals surface area contributed by atoms with E-state index >= 15 is 0 Å². The molecule has 0 aromatic heterocycles. The highest BCUT2D eigenvalue weighted by Gasteiger charge is 2.09. The van der Waals surface area contributed by atoms with Crippen LogP contribution in [0.3, 0.4) is 0 Å². The minimum Gasteiger partial charge on any atom is -0.497 e. The van der Waals surface area contributed by atoms with Crippen LogP contribution in [0.5, 0.6) is 5.75 Å². The number of carbonyl (C=O) groups is 1. The molecule has 0 heterocycles. The van der Waals surface area contributed by atoms with Crippen molar-refractivity contribution < 1.29 is 9.53 Å². The highest BCUT2D eigenvalue weighted by Crippen LogP contribution is 2.20. The van der Waals surface area contributed by atoms with Gasteiger partial charge >= 0.3 is 0 Å². The summed E-state index contributed by atoms with van der Waals surface area (Å²) in [7, 11) is 1.60. The minimum atomic E-state index is -0.139. The summed E-state index contributed by atoms with van der Waals surface area (Å²) in [4.78, 5) is 12.4. The summed E-state index contributed by atoms with van der Waals surface area (Å²) >= 11 is 0. The van der Waals surface area contributed by atoms with Crippen LogP contribution >= 0.6 is 0 Å². The molecule has 4 nitrogen and oxygen atoms in total. The molecule has 2 aromatic rings. The van der Waals surface area contributed by atoms with Crippen LogP contribution < -0.4 is 15.4 Å². The van der Waals surface area contributed by atoms with Gasteiger partial charge in [-0.2, -0.15) is 0 Å². The lowest BCUT2D eigenvalue weighted by atomic mass is 10.1. The first kappa shape index (κ1) is 15.9. The van der Waals surface area contributed by atoms with Gasteiger partial charge in [-0.1, -0.05) is 12.1 Å². The molecule has 0 unspecified atom stereocenters. The van der Waals surface area contributed by atoms with Crippen LogP contribution in [-0.2, 0) is 0 Å². The molecule has 0 radical (unpaired) electrons. The molecule has 0 saturated heterocycles. The first-order valence-electron chi connectivity index (χ1n) is 7.32. The number of benzene rings is 2. The molecule has 2 aromatic carbocycles. The van der Waals surface area contributed by atoms with Crippen LogP contribution in [0.2, 0.25) is 0 Å². The zero-order chi connectivity index (χ0) is 16.1. The van der Waals surface area contributed by atoms with Gasteiger partial charge in [-0.05, 0) is 50.6 Å². The number of nitrogens with one attached hydrogen (secondary N) is 2. The van der Waals surface area contributed by atoms with Crippen LogP contribution in [0.25, 0.3) is 0 Å². The molecule has 4 heteroatoms. The van der Waals surface area contributed by atoms with Crippen LogP contribution in [0.4, 0.5) is 11.4 Å². The van der Waals surface area contributed by atoms with E-state index in [2.05, 4.69) is 24.5 Å². The van der Waals surface area contributed by atoms with Crippen molar-refractivity contribution in [3.05, 3.63) is 53.6 Å². The maximum Gasteiger partial charge on any atom is 0.255 e. The van der Waals surface area contributed by atoms with Crippen LogP contribution in [-0.4, -0.2) is 19.1 Å². The maximum atomic E-state index is 12.4. The number of aryl methyl sites for hydroxylation is 1. The van der Waals surface area contributed by atoms with E-state index in [1.165, 1.54) is 0 Å². The lowest BCUT2D eigenvalue weighted by Crippen LogP contribution is -2.14. The molecule has 2 rings (SSSR count). The molecule has 0 bridgehead atoms. The van der Waals surface area contributed by atoms with Crippen LogP contribution in [0, 0.1) is 6.92 Å². The van der Waals surface area contributed by atoms with Crippen molar-refractivity contribution in [3.63, 3.8) is 0 Å². The topological polar surface area (TPSA) is 50.4 Å². The highest BCUT2D eigenvalue weighted by atomic mass is 16.5. The molecule has 0 fully saturated rings. The normalized spacial score (nSPS) is 10.4. The lowest BCUT2D eigenvalue weighted by molar-refractivity contribution is 0.102. The van der Waals surface area contributed by atoms with E-state index < -0.39 is 0 Å². The Kier molecular flexibility index (Phi) is 5.04. The summed E-state index contributed by atoms with van der Waals surface area (Å²) in [6.07, 6.45) is 0. The molecular formula is C18H22N2O2. The molecule has 0 aliphatic heterocycles. The second-order valence-corrected chi connectivity index (χ2v) is 5.51. The molecule has 1 amide bonds. The summed E-state index contributed by atoms with van der Waals surface area (Å²) in [5, 5.41) is 6.24. The number of hydrogen-bond donors (Lipinski definition) is 2. The molecule has 0 spiro atoms. The third-order valence-electron chi connectivity index (χ3n) is 3.27. The number of rotatable bonds is 5. The molecule has 0 atom stereocenters. The molecule has 0 saturated carbocycles. The fourth-order valence-electron chi connectivity index (χ4n) is 2.13.